The summed E-state index contributed by atoms with van der Waals surface area (Å²) in [5, 5.41) is 69.9. The average molecular weight is 1260 g/mol. The van der Waals surface area contributed by atoms with E-state index in [1.807, 2.05) is 10.0 Å². The van der Waals surface area contributed by atoms with Gasteiger partial charge in [0.05, 0.1) is 38.3 Å². The molecule has 6 aromatic rings. The Morgan fingerprint density at radius 3 is 1.45 bits per heavy atom. The molecule has 0 bridgehead atoms. The van der Waals surface area contributed by atoms with Crippen molar-refractivity contribution < 1.29 is 85.8 Å². The quantitative estimate of drug-likeness (QED) is 0.0261. The topological polar surface area (TPSA) is 503 Å². The predicted octanol–water partition coefficient (Wildman–Crippen LogP) is 0.246. The molecule has 0 aliphatic heterocycles. The van der Waals surface area contributed by atoms with Gasteiger partial charge in [-0.05, 0) is 130 Å². The first-order chi connectivity index (χ1) is 40.6. The Hall–Kier alpha value is -6.87. The Morgan fingerprint density at radius 2 is 1.01 bits per heavy atom. The molecule has 0 fully saturated rings. The third-order valence-electron chi connectivity index (χ3n) is 7.29. The molecular formula is C34H42Br2F3N21O12S3. The van der Waals surface area contributed by atoms with Crippen molar-refractivity contribution in [3.8, 4) is 0 Å². The Morgan fingerprint density at radius 1 is 0.600 bits per heavy atom. The molecule has 3 aromatic heterocycles. The van der Waals surface area contributed by atoms with Crippen molar-refractivity contribution in [2.24, 2.45) is 30.4 Å². The third kappa shape index (κ3) is 21.1. The summed E-state index contributed by atoms with van der Waals surface area (Å²) in [4.78, 5) is 11.5. The predicted molar refractivity (Wildman–Crippen MR) is 264 cm³/mol. The van der Waals surface area contributed by atoms with Crippen LogP contribution in [0.1, 0.15) is 40.5 Å². The van der Waals surface area contributed by atoms with Crippen molar-refractivity contribution in [3.05, 3.63) is 103 Å². The molecule has 0 radical (unpaired) electrons. The van der Waals surface area contributed by atoms with Gasteiger partial charge in [0.2, 0.25) is 17.5 Å². The molecule has 3 heterocycles. The number of aliphatic imine (C=N–C) groups is 3. The highest BCUT2D eigenvalue weighted by Gasteiger charge is 2.20. The molecule has 18 N–H and O–H groups in total. The van der Waals surface area contributed by atoms with Crippen molar-refractivity contribution in [2.45, 2.75) is 6.92 Å². The number of anilines is 3. The first-order valence-corrected chi connectivity index (χ1v) is 24.9. The average Bonchev–Trinajstić information content (AvgIpc) is 1.83. The number of nitrogens with one attached hydrogen (secondary N) is 9. The Bertz CT molecular complexity index is 3900. The van der Waals surface area contributed by atoms with Gasteiger partial charge in [0, 0.05) is 44.6 Å². The van der Waals surface area contributed by atoms with Gasteiger partial charge in [-0.15, -0.1) is 0 Å². The van der Waals surface area contributed by atoms with Crippen LogP contribution in [0.2, 0.25) is 0 Å². The summed E-state index contributed by atoms with van der Waals surface area (Å²) in [5.74, 6) is -5.43. The minimum atomic E-state index is -4.67. The van der Waals surface area contributed by atoms with Crippen LogP contribution in [-0.4, -0.2) is 128 Å². The number of hydrogen-bond donors (Lipinski definition) is 15. The molecular weight excluding hydrogens is 1210 g/mol. The second-order valence-corrected chi connectivity index (χ2v) is 18.2. The summed E-state index contributed by atoms with van der Waals surface area (Å²) in [6.45, 7) is -8.74. The smallest absolute Gasteiger partial charge is 0.274 e. The van der Waals surface area contributed by atoms with Gasteiger partial charge in [0.25, 0.3) is 30.6 Å². The zero-order valence-electron chi connectivity index (χ0n) is 49.6. The van der Waals surface area contributed by atoms with Crippen LogP contribution in [0.5, 0.6) is 0 Å². The SMILES string of the molecule is [2H]c1c([2H])c(N=C(NO)c2nonc2NC([2H])([2H])C([2H])([2H])NS(N)(=O)=O)c([2H])c(C)c1F.[2H]c1c([2H])c(N=C(NO)c2nonc2NCC([2H])NS(N)(=O)=O)c([2H])c(Br)c1F.[2H]c1cc(N=C(NO)c2nonc2NCC([2H])NS(N)(=O)=O)cc(Br)c1F. The first-order valence-electron chi connectivity index (χ1n) is 25.4. The van der Waals surface area contributed by atoms with Gasteiger partial charge in [-0.1, -0.05) is 0 Å². The number of hydroxylamine groups is 3. The molecule has 33 nitrogen and oxygen atoms in total. The van der Waals surface area contributed by atoms with E-state index < -0.39 is 155 Å². The molecule has 2 unspecified atom stereocenters. The van der Waals surface area contributed by atoms with Gasteiger partial charge in [-0.2, -0.15) is 25.3 Å². The van der Waals surface area contributed by atoms with Gasteiger partial charge < -0.3 is 16.0 Å². The largest absolute Gasteiger partial charge is 0.364 e. The molecule has 0 aliphatic rings. The minimum Gasteiger partial charge on any atom is -0.364 e. The molecule has 0 spiro atoms. The van der Waals surface area contributed by atoms with Crippen LogP contribution in [0.15, 0.2) is 92.2 Å². The van der Waals surface area contributed by atoms with Crippen molar-refractivity contribution in [1.82, 2.24) is 61.5 Å². The van der Waals surface area contributed by atoms with Crippen molar-refractivity contribution in [3.63, 3.8) is 0 Å². The molecule has 6 rings (SSSR count). The number of halogens is 5. The van der Waals surface area contributed by atoms with Gasteiger partial charge in [-0.3, -0.25) is 32.1 Å². The van der Waals surface area contributed by atoms with Crippen LogP contribution in [0.25, 0.3) is 0 Å². The number of amidine groups is 3. The highest BCUT2D eigenvalue weighted by atomic mass is 79.9. The number of hydrogen-bond acceptors (Lipinski definition) is 24. The summed E-state index contributed by atoms with van der Waals surface area (Å²) in [7, 11) is -12.8. The molecule has 0 amide bonds. The fraction of sp³-hybridized carbons (Fsp3) is 0.206. The van der Waals surface area contributed by atoms with E-state index >= 15 is 0 Å². The minimum absolute atomic E-state index is 0.00576. The molecule has 41 heteroatoms. The van der Waals surface area contributed by atoms with Crippen molar-refractivity contribution in [1.29, 1.82) is 0 Å². The van der Waals surface area contributed by atoms with E-state index in [0.29, 0.717) is 0 Å². The van der Waals surface area contributed by atoms with Gasteiger partial charge in [0.15, 0.2) is 34.6 Å². The van der Waals surface area contributed by atoms with Crippen LogP contribution >= 0.6 is 31.9 Å². The Balaban J connectivity index is 0.000000283. The van der Waals surface area contributed by atoms with Gasteiger partial charge in [0.1, 0.15) is 17.5 Å². The summed E-state index contributed by atoms with van der Waals surface area (Å²) >= 11 is 5.73. The number of rotatable bonds is 21. The van der Waals surface area contributed by atoms with E-state index in [9.17, 15) is 54.0 Å². The maximum absolute atomic E-state index is 13.9. The fourth-order valence-corrected chi connectivity index (χ4v) is 5.80. The Kier molecular flexibility index (Phi) is 16.6. The number of aromatic nitrogens is 6. The standard InChI is InChI=1S/C12H16FN7O4S.2C11H13BrFN7O4S/c1-7-6-8(2-3-9(7)13)17-12(18-21)10-11(20-24-19-10)15-4-5-16-25(14,22)23;2*12-7-5-6(1-2-8(7)13)17-11(18-21)9-10(20-24-19-9)15-3-4-16-25(14,22)23/h2-3,6,16,21H,4-5H2,1H3,(H,15,20)(H,17,18)(H2,14,22,23);2*1-2,5,16,21H,3-4H2,(H,15,20)(H,17,18)(H2,14,22,23)/i2D,3D,4D2,5D2,6D;1D,2D,4D,5D;2D,4D. The van der Waals surface area contributed by atoms with E-state index in [0.717, 1.165) is 6.07 Å². The molecule has 0 saturated carbocycles. The second kappa shape index (κ2) is 28.7. The van der Waals surface area contributed by atoms with E-state index in [1.54, 1.807) is 21.2 Å². The summed E-state index contributed by atoms with van der Waals surface area (Å²) < 4.78 is 225. The number of nitrogens with two attached hydrogens (primary N) is 3. The molecule has 408 valence electrons. The normalized spacial score (nSPS) is 15.9. The second-order valence-electron chi connectivity index (χ2n) is 12.7. The summed E-state index contributed by atoms with van der Waals surface area (Å²) in [5.41, 5.74) is 2.74. The van der Waals surface area contributed by atoms with Crippen LogP contribution in [0, 0.1) is 24.4 Å². The molecule has 0 aliphatic carbocycles. The summed E-state index contributed by atoms with van der Waals surface area (Å²) in [6, 6.07) is -2.44. The maximum atomic E-state index is 13.9. The van der Waals surface area contributed by atoms with Gasteiger partial charge in [-0.25, -0.2) is 71.6 Å². The molecule has 3 aromatic carbocycles. The summed E-state index contributed by atoms with van der Waals surface area (Å²) in [6.07, 6.45) is 0. The zero-order chi connectivity index (χ0) is 66.8. The molecule has 2 atom stereocenters. The van der Waals surface area contributed by atoms with E-state index in [4.69, 9.17) is 28.1 Å². The molecule has 0 saturated heterocycles. The van der Waals surface area contributed by atoms with Crippen LogP contribution in [0.3, 0.4) is 0 Å². The monoisotopic (exact) mass is 1260 g/mol. The number of nitrogens with zero attached hydrogens (tertiary/aromatic N) is 9. The maximum Gasteiger partial charge on any atom is 0.274 e. The third-order valence-corrected chi connectivity index (χ3v) is 9.79. The lowest BCUT2D eigenvalue weighted by atomic mass is 10.2. The first kappa shape index (κ1) is 43.4. The lowest BCUT2D eigenvalue weighted by Crippen LogP contribution is -2.34. The lowest BCUT2D eigenvalue weighted by molar-refractivity contribution is 0.233. The van der Waals surface area contributed by atoms with E-state index in [1.165, 1.54) is 17.7 Å². The van der Waals surface area contributed by atoms with Crippen molar-refractivity contribution >= 4 is 115 Å². The highest BCUT2D eigenvalue weighted by Crippen LogP contribution is 2.25. The van der Waals surface area contributed by atoms with Crippen LogP contribution in [0.4, 0.5) is 47.7 Å². The lowest BCUT2D eigenvalue weighted by Gasteiger charge is -2.06. The van der Waals surface area contributed by atoms with Gasteiger partial charge >= 0.3 is 0 Å². The Labute approximate surface area is 456 Å². The fourth-order valence-electron chi connectivity index (χ4n) is 4.34. The number of benzene rings is 3. The van der Waals surface area contributed by atoms with E-state index in [-0.39, 0.29) is 57.7 Å². The van der Waals surface area contributed by atoms with Crippen LogP contribution in [-0.2, 0) is 30.6 Å². The van der Waals surface area contributed by atoms with Crippen LogP contribution < -0.4 is 62.0 Å². The molecule has 75 heavy (non-hydrogen) atoms. The highest BCUT2D eigenvalue weighted by molar-refractivity contribution is 9.10. The zero-order valence-corrected chi connectivity index (χ0v) is 42.2. The van der Waals surface area contributed by atoms with E-state index in [2.05, 4.69) is 107 Å². The van der Waals surface area contributed by atoms with Crippen molar-refractivity contribution in [2.75, 3.05) is 55.1 Å².